The highest BCUT2D eigenvalue weighted by Gasteiger charge is 2.30. The van der Waals surface area contributed by atoms with Gasteiger partial charge in [0.1, 0.15) is 11.1 Å². The third-order valence-corrected chi connectivity index (χ3v) is 8.93. The number of benzene rings is 1. The normalized spacial score (nSPS) is 20.7. The predicted octanol–water partition coefficient (Wildman–Crippen LogP) is 6.66. The quantitative estimate of drug-likeness (QED) is 0.362. The predicted molar refractivity (Wildman–Crippen MR) is 146 cm³/mol. The van der Waals surface area contributed by atoms with Gasteiger partial charge in [-0.25, -0.2) is 9.78 Å². The van der Waals surface area contributed by atoms with E-state index in [9.17, 15) is 14.7 Å². The van der Waals surface area contributed by atoms with Crippen LogP contribution in [-0.2, 0) is 0 Å². The van der Waals surface area contributed by atoms with Crippen molar-refractivity contribution < 1.29 is 19.1 Å². The molecule has 5 rings (SSSR count). The molecule has 2 aromatic heterocycles. The Hall–Kier alpha value is -3.23. The zero-order valence-corrected chi connectivity index (χ0v) is 22.1. The molecular formula is C29H33N3O4S. The second-order valence-electron chi connectivity index (χ2n) is 10.1. The van der Waals surface area contributed by atoms with Gasteiger partial charge in [-0.2, -0.15) is 0 Å². The van der Waals surface area contributed by atoms with Crippen LogP contribution in [0, 0.1) is 11.8 Å². The van der Waals surface area contributed by atoms with Gasteiger partial charge in [-0.3, -0.25) is 9.69 Å². The molecule has 2 N–H and O–H groups in total. The molecule has 1 amide bonds. The highest BCUT2D eigenvalue weighted by Crippen LogP contribution is 2.43. The summed E-state index contributed by atoms with van der Waals surface area (Å²) in [6.45, 7) is 7.45. The highest BCUT2D eigenvalue weighted by atomic mass is 32.1. The number of thiophene rings is 1. The van der Waals surface area contributed by atoms with E-state index in [-0.39, 0.29) is 11.6 Å². The maximum absolute atomic E-state index is 12.4. The van der Waals surface area contributed by atoms with Crippen LogP contribution < -0.4 is 5.32 Å². The van der Waals surface area contributed by atoms with Gasteiger partial charge in [0, 0.05) is 29.2 Å². The fourth-order valence-electron chi connectivity index (χ4n) is 5.56. The summed E-state index contributed by atoms with van der Waals surface area (Å²) in [5, 5.41) is 12.9. The lowest BCUT2D eigenvalue weighted by Crippen LogP contribution is -2.34. The number of likely N-dealkylation sites (N-methyl/N-ethyl adjacent to an activating group) is 1. The van der Waals surface area contributed by atoms with Crippen molar-refractivity contribution in [3.05, 3.63) is 64.7 Å². The number of oxazole rings is 1. The summed E-state index contributed by atoms with van der Waals surface area (Å²) >= 11 is 1.33. The zero-order chi connectivity index (χ0) is 25.9. The summed E-state index contributed by atoms with van der Waals surface area (Å²) in [4.78, 5) is 32.3. The number of carboxylic acids is 1. The van der Waals surface area contributed by atoms with Crippen LogP contribution in [0.4, 0.5) is 5.69 Å². The van der Waals surface area contributed by atoms with Crippen LogP contribution in [-0.4, -0.2) is 46.5 Å². The van der Waals surface area contributed by atoms with E-state index in [4.69, 9.17) is 4.42 Å². The zero-order valence-electron chi connectivity index (χ0n) is 21.3. The molecule has 0 unspecified atom stereocenters. The molecule has 194 valence electrons. The van der Waals surface area contributed by atoms with Gasteiger partial charge in [-0.1, -0.05) is 38.8 Å². The van der Waals surface area contributed by atoms with Gasteiger partial charge in [0.15, 0.2) is 12.1 Å². The number of carbonyl (C=O) groups excluding carboxylic acids is 1. The van der Waals surface area contributed by atoms with Gasteiger partial charge in [-0.15, -0.1) is 11.3 Å². The van der Waals surface area contributed by atoms with Crippen molar-refractivity contribution in [1.29, 1.82) is 0 Å². The Balaban J connectivity index is 1.45. The minimum absolute atomic E-state index is 0.212. The minimum Gasteiger partial charge on any atom is -0.477 e. The Morgan fingerprint density at radius 3 is 2.59 bits per heavy atom. The molecule has 1 aliphatic carbocycles. The standard InChI is InChI=1S/C29H33N3O4S/c1-3-32-13-12-22(24(15-32)19-6-4-18(2)5-7-19)23-14-26(37-27(23)29(34)35)20-8-10-21(11-9-20)31-28(33)25-16-36-17-30-25/h8-11,14,16-19H,3-7,12-13,15H2,1-2H3,(H,31,33)(H,34,35). The van der Waals surface area contributed by atoms with E-state index in [1.54, 1.807) is 0 Å². The molecule has 0 bridgehead atoms. The van der Waals surface area contributed by atoms with Crippen molar-refractivity contribution in [1.82, 2.24) is 9.88 Å². The molecule has 1 saturated carbocycles. The van der Waals surface area contributed by atoms with Crippen LogP contribution >= 0.6 is 11.3 Å². The largest absolute Gasteiger partial charge is 0.477 e. The molecule has 3 heterocycles. The lowest BCUT2D eigenvalue weighted by molar-refractivity contribution is 0.0701. The summed E-state index contributed by atoms with van der Waals surface area (Å²) in [6, 6.07) is 9.54. The molecule has 7 nitrogen and oxygen atoms in total. The van der Waals surface area contributed by atoms with E-state index in [1.807, 2.05) is 24.3 Å². The van der Waals surface area contributed by atoms with E-state index in [1.165, 1.54) is 60.8 Å². The number of aromatic nitrogens is 1. The molecule has 0 radical (unpaired) electrons. The van der Waals surface area contributed by atoms with Gasteiger partial charge >= 0.3 is 5.97 Å². The Kier molecular flexibility index (Phi) is 7.58. The first kappa shape index (κ1) is 25.4. The van der Waals surface area contributed by atoms with Crippen molar-refractivity contribution in [2.24, 2.45) is 11.8 Å². The summed E-state index contributed by atoms with van der Waals surface area (Å²) in [7, 11) is 0. The van der Waals surface area contributed by atoms with Crippen LogP contribution in [0.5, 0.6) is 0 Å². The summed E-state index contributed by atoms with van der Waals surface area (Å²) < 4.78 is 4.87. The monoisotopic (exact) mass is 519 g/mol. The molecule has 2 aliphatic rings. The fraction of sp³-hybridized carbons (Fsp3) is 0.414. The molecule has 0 spiro atoms. The number of hydrogen-bond donors (Lipinski definition) is 2. The number of amides is 1. The van der Waals surface area contributed by atoms with Crippen LogP contribution in [0.25, 0.3) is 16.0 Å². The number of carboxylic acid groups (broad SMARTS) is 1. The van der Waals surface area contributed by atoms with Crippen molar-refractivity contribution in [2.75, 3.05) is 25.0 Å². The second kappa shape index (κ2) is 11.0. The Morgan fingerprint density at radius 1 is 1.19 bits per heavy atom. The highest BCUT2D eigenvalue weighted by molar-refractivity contribution is 7.17. The lowest BCUT2D eigenvalue weighted by atomic mass is 9.75. The number of anilines is 1. The first-order valence-corrected chi connectivity index (χ1v) is 13.9. The number of hydrogen-bond acceptors (Lipinski definition) is 6. The first-order valence-electron chi connectivity index (χ1n) is 13.0. The van der Waals surface area contributed by atoms with Crippen molar-refractivity contribution in [3.8, 4) is 10.4 Å². The maximum Gasteiger partial charge on any atom is 0.346 e. The maximum atomic E-state index is 12.4. The van der Waals surface area contributed by atoms with E-state index in [0.29, 0.717) is 16.5 Å². The third kappa shape index (κ3) is 5.55. The summed E-state index contributed by atoms with van der Waals surface area (Å²) in [5.74, 6) is 0.100. The van der Waals surface area contributed by atoms with Crippen molar-refractivity contribution in [2.45, 2.75) is 46.0 Å². The van der Waals surface area contributed by atoms with Gasteiger partial charge in [0.25, 0.3) is 5.91 Å². The number of rotatable bonds is 7. The van der Waals surface area contributed by atoms with Crippen LogP contribution in [0.1, 0.15) is 71.7 Å². The number of carbonyl (C=O) groups is 2. The molecule has 1 aromatic carbocycles. The molecule has 0 saturated heterocycles. The molecule has 0 atom stereocenters. The van der Waals surface area contributed by atoms with Gasteiger partial charge < -0.3 is 14.8 Å². The first-order chi connectivity index (χ1) is 17.9. The van der Waals surface area contributed by atoms with Crippen LogP contribution in [0.15, 0.2) is 53.0 Å². The molecular weight excluding hydrogens is 486 g/mol. The molecule has 8 heteroatoms. The summed E-state index contributed by atoms with van der Waals surface area (Å²) in [6.07, 6.45) is 8.28. The Labute approximate surface area is 221 Å². The molecule has 1 fully saturated rings. The average molecular weight is 520 g/mol. The van der Waals surface area contributed by atoms with Gasteiger partial charge in [0.05, 0.1) is 0 Å². The Morgan fingerprint density at radius 2 is 1.95 bits per heavy atom. The molecule has 37 heavy (non-hydrogen) atoms. The fourth-order valence-corrected chi connectivity index (χ4v) is 6.59. The second-order valence-corrected chi connectivity index (χ2v) is 11.2. The van der Waals surface area contributed by atoms with Gasteiger partial charge in [-0.05, 0) is 72.6 Å². The Bertz CT molecular complexity index is 1290. The smallest absolute Gasteiger partial charge is 0.346 e. The number of nitrogens with one attached hydrogen (secondary N) is 1. The van der Waals surface area contributed by atoms with Crippen LogP contribution in [0.3, 0.4) is 0 Å². The van der Waals surface area contributed by atoms with E-state index < -0.39 is 5.97 Å². The lowest BCUT2D eigenvalue weighted by Gasteiger charge is -2.36. The third-order valence-electron chi connectivity index (χ3n) is 7.76. The van der Waals surface area contributed by atoms with E-state index in [2.05, 4.69) is 35.1 Å². The minimum atomic E-state index is -0.871. The topological polar surface area (TPSA) is 95.7 Å². The summed E-state index contributed by atoms with van der Waals surface area (Å²) in [5.41, 5.74) is 5.37. The van der Waals surface area contributed by atoms with E-state index >= 15 is 0 Å². The van der Waals surface area contributed by atoms with Gasteiger partial charge in [0.2, 0.25) is 0 Å². The van der Waals surface area contributed by atoms with E-state index in [0.717, 1.165) is 48.0 Å². The average Bonchev–Trinajstić information content (AvgIpc) is 3.60. The van der Waals surface area contributed by atoms with Crippen molar-refractivity contribution in [3.63, 3.8) is 0 Å². The van der Waals surface area contributed by atoms with Crippen molar-refractivity contribution >= 4 is 34.5 Å². The number of aromatic carboxylic acids is 1. The number of nitrogens with zero attached hydrogens (tertiary/aromatic N) is 2. The molecule has 3 aromatic rings. The SMILES string of the molecule is CCN1CCC(c2cc(-c3ccc(NC(=O)c4cocn4)cc3)sc2C(=O)O)=C(C2CCC(C)CC2)C1. The molecule has 1 aliphatic heterocycles. The van der Waals surface area contributed by atoms with Crippen LogP contribution in [0.2, 0.25) is 0 Å².